The molecule has 2 heterocycles. The van der Waals surface area contributed by atoms with E-state index in [0.717, 1.165) is 4.90 Å². The lowest BCUT2D eigenvalue weighted by Crippen LogP contribution is -2.53. The Morgan fingerprint density at radius 3 is 2.44 bits per heavy atom. The Balaban J connectivity index is 2.18. The highest BCUT2D eigenvalue weighted by atomic mass is 16.5. The highest BCUT2D eigenvalue weighted by Gasteiger charge is 2.36. The van der Waals surface area contributed by atoms with Crippen molar-refractivity contribution in [1.82, 2.24) is 4.90 Å². The summed E-state index contributed by atoms with van der Waals surface area (Å²) >= 11 is 0. The molecular formula is C12H15NO5. The molecule has 0 spiro atoms. The van der Waals surface area contributed by atoms with Gasteiger partial charge in [-0.15, -0.1) is 0 Å². The molecule has 1 aromatic heterocycles. The van der Waals surface area contributed by atoms with Gasteiger partial charge < -0.3 is 14.6 Å². The monoisotopic (exact) mass is 253 g/mol. The molecule has 0 radical (unpaired) electrons. The van der Waals surface area contributed by atoms with Crippen LogP contribution >= 0.6 is 0 Å². The van der Waals surface area contributed by atoms with Crippen molar-refractivity contribution in [2.24, 2.45) is 0 Å². The first-order valence-electron chi connectivity index (χ1n) is 5.81. The summed E-state index contributed by atoms with van der Waals surface area (Å²) in [7, 11) is 0. The molecular weight excluding hydrogens is 238 g/mol. The molecule has 2 amide bonds. The minimum absolute atomic E-state index is 0.172. The van der Waals surface area contributed by atoms with Gasteiger partial charge in [-0.1, -0.05) is 0 Å². The minimum atomic E-state index is -1.76. The number of nitrogens with zero attached hydrogens (tertiary/aromatic N) is 1. The number of piperidine rings is 1. The van der Waals surface area contributed by atoms with Crippen molar-refractivity contribution < 1.29 is 24.2 Å². The Kier molecular flexibility index (Phi) is 3.78. The fourth-order valence-electron chi connectivity index (χ4n) is 2.12. The number of furan rings is 1. The van der Waals surface area contributed by atoms with E-state index in [1.54, 1.807) is 6.07 Å². The Morgan fingerprint density at radius 2 is 1.94 bits per heavy atom. The third kappa shape index (κ3) is 2.60. The van der Waals surface area contributed by atoms with Gasteiger partial charge in [0.1, 0.15) is 0 Å². The first kappa shape index (κ1) is 12.8. The molecule has 0 saturated carbocycles. The van der Waals surface area contributed by atoms with Crippen molar-refractivity contribution >= 4 is 11.8 Å². The number of aliphatic hydroxyl groups excluding tert-OH is 1. The van der Waals surface area contributed by atoms with E-state index in [-0.39, 0.29) is 31.1 Å². The summed E-state index contributed by atoms with van der Waals surface area (Å²) in [5.41, 5.74) is 0.708. The van der Waals surface area contributed by atoms with Gasteiger partial charge in [-0.05, 0) is 18.1 Å². The lowest BCUT2D eigenvalue weighted by atomic mass is 10.0. The highest BCUT2D eigenvalue weighted by Crippen LogP contribution is 2.20. The van der Waals surface area contributed by atoms with Crippen LogP contribution in [0.15, 0.2) is 23.0 Å². The number of hydrogen-bond acceptors (Lipinski definition) is 5. The number of aliphatic hydroxyl groups is 2. The number of imide groups is 1. The molecule has 1 saturated heterocycles. The van der Waals surface area contributed by atoms with Gasteiger partial charge in [0.15, 0.2) is 6.29 Å². The number of amides is 2. The van der Waals surface area contributed by atoms with Gasteiger partial charge in [0.2, 0.25) is 11.8 Å². The van der Waals surface area contributed by atoms with Crippen LogP contribution in [0.3, 0.4) is 0 Å². The molecule has 18 heavy (non-hydrogen) atoms. The van der Waals surface area contributed by atoms with Crippen LogP contribution in [-0.4, -0.2) is 39.3 Å². The molecule has 2 N–H and O–H groups in total. The van der Waals surface area contributed by atoms with Crippen LogP contribution in [0.5, 0.6) is 0 Å². The second-order valence-electron chi connectivity index (χ2n) is 4.33. The summed E-state index contributed by atoms with van der Waals surface area (Å²) in [6.07, 6.45) is 2.37. The first-order valence-corrected chi connectivity index (χ1v) is 5.81. The molecule has 1 aliphatic rings. The fourth-order valence-corrected chi connectivity index (χ4v) is 2.12. The average molecular weight is 253 g/mol. The van der Waals surface area contributed by atoms with E-state index < -0.39 is 12.3 Å². The molecule has 1 atom stereocenters. The summed E-state index contributed by atoms with van der Waals surface area (Å²) in [4.78, 5) is 24.5. The van der Waals surface area contributed by atoms with Crippen LogP contribution in [0.4, 0.5) is 0 Å². The quantitative estimate of drug-likeness (QED) is 0.584. The van der Waals surface area contributed by atoms with E-state index >= 15 is 0 Å². The van der Waals surface area contributed by atoms with Gasteiger partial charge in [0.25, 0.3) is 0 Å². The van der Waals surface area contributed by atoms with Crippen LogP contribution in [0.25, 0.3) is 0 Å². The first-order chi connectivity index (χ1) is 8.59. The van der Waals surface area contributed by atoms with Crippen molar-refractivity contribution in [2.45, 2.75) is 38.0 Å². The van der Waals surface area contributed by atoms with Crippen molar-refractivity contribution in [3.8, 4) is 0 Å². The third-order valence-corrected chi connectivity index (χ3v) is 3.02. The number of likely N-dealkylation sites (tertiary alicyclic amines) is 1. The van der Waals surface area contributed by atoms with Crippen molar-refractivity contribution in [2.75, 3.05) is 0 Å². The lowest BCUT2D eigenvalue weighted by molar-refractivity contribution is -0.163. The molecule has 6 heteroatoms. The van der Waals surface area contributed by atoms with Crippen molar-refractivity contribution in [3.05, 3.63) is 24.2 Å². The van der Waals surface area contributed by atoms with E-state index in [1.807, 2.05) is 0 Å². The van der Waals surface area contributed by atoms with Gasteiger partial charge in [0, 0.05) is 19.3 Å². The van der Waals surface area contributed by atoms with E-state index in [1.165, 1.54) is 12.5 Å². The Hall–Kier alpha value is -1.66. The van der Waals surface area contributed by atoms with Gasteiger partial charge in [-0.2, -0.15) is 0 Å². The summed E-state index contributed by atoms with van der Waals surface area (Å²) < 4.78 is 4.88. The second kappa shape index (κ2) is 5.32. The zero-order valence-electron chi connectivity index (χ0n) is 9.78. The van der Waals surface area contributed by atoms with E-state index in [2.05, 4.69) is 0 Å². The molecule has 0 bridgehead atoms. The smallest absolute Gasteiger partial charge is 0.229 e. The maximum absolute atomic E-state index is 11.7. The Morgan fingerprint density at radius 1 is 1.28 bits per heavy atom. The van der Waals surface area contributed by atoms with Crippen LogP contribution in [0.1, 0.15) is 24.8 Å². The molecule has 1 unspecified atom stereocenters. The average Bonchev–Trinajstić information content (AvgIpc) is 2.80. The standard InChI is InChI=1S/C12H15NO5/c14-10-2-1-3-11(15)13(10)9(12(16)17)6-8-4-5-18-7-8/h4-5,7,9,12,16-17H,1-3,6H2. The van der Waals surface area contributed by atoms with Crippen molar-refractivity contribution in [1.29, 1.82) is 0 Å². The molecule has 2 rings (SSSR count). The van der Waals surface area contributed by atoms with Crippen molar-refractivity contribution in [3.63, 3.8) is 0 Å². The van der Waals surface area contributed by atoms with Crippen LogP contribution in [0.2, 0.25) is 0 Å². The summed E-state index contributed by atoms with van der Waals surface area (Å²) in [6, 6.07) is 0.705. The Labute approximate surface area is 104 Å². The number of hydrogen-bond donors (Lipinski definition) is 2. The van der Waals surface area contributed by atoms with Gasteiger partial charge in [-0.3, -0.25) is 14.5 Å². The van der Waals surface area contributed by atoms with Crippen LogP contribution in [0, 0.1) is 0 Å². The van der Waals surface area contributed by atoms with Gasteiger partial charge >= 0.3 is 0 Å². The predicted molar refractivity (Wildman–Crippen MR) is 60.1 cm³/mol. The lowest BCUT2D eigenvalue weighted by Gasteiger charge is -2.33. The highest BCUT2D eigenvalue weighted by molar-refractivity contribution is 5.97. The topological polar surface area (TPSA) is 91.0 Å². The molecule has 98 valence electrons. The van der Waals surface area contributed by atoms with Gasteiger partial charge in [-0.25, -0.2) is 0 Å². The molecule has 1 fully saturated rings. The second-order valence-corrected chi connectivity index (χ2v) is 4.33. The fraction of sp³-hybridized carbons (Fsp3) is 0.500. The summed E-state index contributed by atoms with van der Waals surface area (Å²) in [5.74, 6) is -0.708. The molecule has 1 aromatic rings. The largest absolute Gasteiger partial charge is 0.472 e. The maximum Gasteiger partial charge on any atom is 0.229 e. The zero-order valence-corrected chi connectivity index (χ0v) is 9.78. The van der Waals surface area contributed by atoms with E-state index in [4.69, 9.17) is 4.42 Å². The minimum Gasteiger partial charge on any atom is -0.472 e. The number of carbonyl (C=O) groups is 2. The Bertz CT molecular complexity index is 410. The van der Waals surface area contributed by atoms with Crippen LogP contribution in [-0.2, 0) is 16.0 Å². The normalized spacial score (nSPS) is 18.5. The summed E-state index contributed by atoms with van der Waals surface area (Å²) in [6.45, 7) is 0. The number of carbonyl (C=O) groups excluding carboxylic acids is 2. The van der Waals surface area contributed by atoms with Gasteiger partial charge in [0.05, 0.1) is 18.6 Å². The maximum atomic E-state index is 11.7. The molecule has 0 aliphatic carbocycles. The molecule has 6 nitrogen and oxygen atoms in total. The predicted octanol–water partition coefficient (Wildman–Crippen LogP) is 0.0405. The number of rotatable bonds is 4. The zero-order chi connectivity index (χ0) is 13.1. The SMILES string of the molecule is O=C1CCCC(=O)N1C(Cc1ccoc1)C(O)O. The van der Waals surface area contributed by atoms with E-state index in [9.17, 15) is 19.8 Å². The molecule has 0 aromatic carbocycles. The van der Waals surface area contributed by atoms with E-state index in [0.29, 0.717) is 12.0 Å². The molecule has 1 aliphatic heterocycles. The summed E-state index contributed by atoms with van der Waals surface area (Å²) in [5, 5.41) is 18.8. The third-order valence-electron chi connectivity index (χ3n) is 3.02. The van der Waals surface area contributed by atoms with Crippen LogP contribution < -0.4 is 0 Å².